The number of amides is 2. The maximum atomic E-state index is 12.9. The van der Waals surface area contributed by atoms with Crippen molar-refractivity contribution in [2.75, 3.05) is 13.7 Å². The first-order valence-electron chi connectivity index (χ1n) is 9.80. The summed E-state index contributed by atoms with van der Waals surface area (Å²) in [6, 6.07) is 17.5. The summed E-state index contributed by atoms with van der Waals surface area (Å²) < 4.78 is 16.2. The van der Waals surface area contributed by atoms with Crippen molar-refractivity contribution in [1.29, 1.82) is 0 Å². The fourth-order valence-electron chi connectivity index (χ4n) is 2.83. The minimum Gasteiger partial charge on any atom is -0.493 e. The van der Waals surface area contributed by atoms with E-state index in [1.54, 1.807) is 55.6 Å². The van der Waals surface area contributed by atoms with Gasteiger partial charge in [-0.3, -0.25) is 9.59 Å². The highest BCUT2D eigenvalue weighted by Gasteiger charge is 2.15. The third kappa shape index (κ3) is 5.99. The second kappa shape index (κ2) is 10.7. The van der Waals surface area contributed by atoms with Crippen molar-refractivity contribution >= 4 is 17.9 Å². The van der Waals surface area contributed by atoms with Crippen LogP contribution in [0.1, 0.15) is 28.6 Å². The Kier molecular flexibility index (Phi) is 7.48. The number of rotatable bonds is 9. The Hall–Kier alpha value is -4.00. The van der Waals surface area contributed by atoms with Gasteiger partial charge in [-0.05, 0) is 48.9 Å². The van der Waals surface area contributed by atoms with Gasteiger partial charge < -0.3 is 24.5 Å². The lowest BCUT2D eigenvalue weighted by atomic mass is 10.2. The molecule has 0 spiro atoms. The molecular formula is C24H24N2O5. The molecular weight excluding hydrogens is 396 g/mol. The Morgan fingerprint density at radius 2 is 1.84 bits per heavy atom. The molecule has 0 radical (unpaired) electrons. The molecule has 3 rings (SSSR count). The van der Waals surface area contributed by atoms with E-state index in [4.69, 9.17) is 13.9 Å². The Labute approximate surface area is 180 Å². The first-order valence-corrected chi connectivity index (χ1v) is 9.80. The topological polar surface area (TPSA) is 89.8 Å². The third-order valence-corrected chi connectivity index (χ3v) is 4.34. The van der Waals surface area contributed by atoms with Crippen molar-refractivity contribution in [3.05, 3.63) is 89.5 Å². The predicted octanol–water partition coefficient (Wildman–Crippen LogP) is 3.77. The van der Waals surface area contributed by atoms with Crippen molar-refractivity contribution < 1.29 is 23.5 Å². The molecule has 3 aromatic rings. The van der Waals surface area contributed by atoms with Crippen LogP contribution in [0, 0.1) is 0 Å². The van der Waals surface area contributed by atoms with Gasteiger partial charge >= 0.3 is 0 Å². The monoisotopic (exact) mass is 420 g/mol. The van der Waals surface area contributed by atoms with Crippen LogP contribution in [0.25, 0.3) is 6.08 Å². The van der Waals surface area contributed by atoms with Gasteiger partial charge in [-0.25, -0.2) is 0 Å². The van der Waals surface area contributed by atoms with Crippen molar-refractivity contribution in [3.8, 4) is 11.5 Å². The summed E-state index contributed by atoms with van der Waals surface area (Å²) in [5.74, 6) is 0.818. The van der Waals surface area contributed by atoms with Gasteiger partial charge in [0.25, 0.3) is 11.8 Å². The normalized spacial score (nSPS) is 11.0. The maximum Gasteiger partial charge on any atom is 0.268 e. The SMILES string of the molecule is CCOc1cc(CNC(=O)/C(=C/c2ccco2)NC(=O)c2ccccc2)ccc1OC. The number of benzene rings is 2. The average Bonchev–Trinajstić information content (AvgIpc) is 3.31. The van der Waals surface area contributed by atoms with Gasteiger partial charge in [-0.15, -0.1) is 0 Å². The Morgan fingerprint density at radius 1 is 1.03 bits per heavy atom. The van der Waals surface area contributed by atoms with Crippen LogP contribution in [-0.4, -0.2) is 25.5 Å². The van der Waals surface area contributed by atoms with E-state index < -0.39 is 11.8 Å². The van der Waals surface area contributed by atoms with Crippen LogP contribution in [0.15, 0.2) is 77.0 Å². The number of nitrogens with one attached hydrogen (secondary N) is 2. The van der Waals surface area contributed by atoms with Crippen LogP contribution in [0.4, 0.5) is 0 Å². The van der Waals surface area contributed by atoms with Crippen molar-refractivity contribution in [1.82, 2.24) is 10.6 Å². The molecule has 0 unspecified atom stereocenters. The van der Waals surface area contributed by atoms with Crippen LogP contribution in [-0.2, 0) is 11.3 Å². The van der Waals surface area contributed by atoms with E-state index in [-0.39, 0.29) is 12.2 Å². The molecule has 2 amide bonds. The highest BCUT2D eigenvalue weighted by atomic mass is 16.5. The van der Waals surface area contributed by atoms with Gasteiger partial charge in [0.2, 0.25) is 0 Å². The lowest BCUT2D eigenvalue weighted by Gasteiger charge is -2.13. The highest BCUT2D eigenvalue weighted by Crippen LogP contribution is 2.28. The third-order valence-electron chi connectivity index (χ3n) is 4.34. The van der Waals surface area contributed by atoms with Gasteiger partial charge in [0.15, 0.2) is 11.5 Å². The second-order valence-corrected chi connectivity index (χ2v) is 6.49. The largest absolute Gasteiger partial charge is 0.493 e. The zero-order valence-electron chi connectivity index (χ0n) is 17.4. The van der Waals surface area contributed by atoms with Crippen molar-refractivity contribution in [2.45, 2.75) is 13.5 Å². The van der Waals surface area contributed by atoms with Gasteiger partial charge in [0.05, 0.1) is 20.0 Å². The molecule has 0 fully saturated rings. The molecule has 2 N–H and O–H groups in total. The van der Waals surface area contributed by atoms with E-state index in [1.165, 1.54) is 12.3 Å². The Balaban J connectivity index is 1.74. The highest BCUT2D eigenvalue weighted by molar-refractivity contribution is 6.05. The van der Waals surface area contributed by atoms with E-state index in [0.717, 1.165) is 5.56 Å². The minimum atomic E-state index is -0.450. The lowest BCUT2D eigenvalue weighted by Crippen LogP contribution is -2.34. The minimum absolute atomic E-state index is 0.0716. The van der Waals surface area contributed by atoms with Crippen LogP contribution in [0.3, 0.4) is 0 Å². The van der Waals surface area contributed by atoms with Crippen LogP contribution in [0.5, 0.6) is 11.5 Å². The first kappa shape index (κ1) is 21.7. The van der Waals surface area contributed by atoms with Gasteiger partial charge in [0.1, 0.15) is 11.5 Å². The molecule has 7 heteroatoms. The van der Waals surface area contributed by atoms with Gasteiger partial charge in [-0.2, -0.15) is 0 Å². The molecule has 2 aromatic carbocycles. The number of furan rings is 1. The Morgan fingerprint density at radius 3 is 2.52 bits per heavy atom. The number of carbonyl (C=O) groups is 2. The molecule has 0 saturated carbocycles. The quantitative estimate of drug-likeness (QED) is 0.514. The van der Waals surface area contributed by atoms with Gasteiger partial charge in [-0.1, -0.05) is 24.3 Å². The number of methoxy groups -OCH3 is 1. The van der Waals surface area contributed by atoms with Gasteiger partial charge in [0, 0.05) is 18.2 Å². The lowest BCUT2D eigenvalue weighted by molar-refractivity contribution is -0.117. The summed E-state index contributed by atoms with van der Waals surface area (Å²) in [7, 11) is 1.57. The van der Waals surface area contributed by atoms with E-state index in [2.05, 4.69) is 10.6 Å². The molecule has 0 aliphatic carbocycles. The van der Waals surface area contributed by atoms with E-state index >= 15 is 0 Å². The van der Waals surface area contributed by atoms with Crippen molar-refractivity contribution in [2.24, 2.45) is 0 Å². The van der Waals surface area contributed by atoms with Crippen LogP contribution in [0.2, 0.25) is 0 Å². The summed E-state index contributed by atoms with van der Waals surface area (Å²) in [6.07, 6.45) is 2.98. The molecule has 7 nitrogen and oxygen atoms in total. The predicted molar refractivity (Wildman–Crippen MR) is 117 cm³/mol. The molecule has 0 aliphatic rings. The van der Waals surface area contributed by atoms with E-state index in [1.807, 2.05) is 19.1 Å². The zero-order chi connectivity index (χ0) is 22.1. The number of hydrogen-bond donors (Lipinski definition) is 2. The molecule has 0 atom stereocenters. The molecule has 0 aliphatic heterocycles. The smallest absolute Gasteiger partial charge is 0.268 e. The van der Waals surface area contributed by atoms with E-state index in [9.17, 15) is 9.59 Å². The standard InChI is InChI=1S/C24H24N2O5/c1-3-30-22-14-17(11-12-21(22)29-2)16-25-24(28)20(15-19-10-7-13-31-19)26-23(27)18-8-5-4-6-9-18/h4-15H,3,16H2,1-2H3,(H,25,28)(H,26,27)/b20-15-. The molecule has 31 heavy (non-hydrogen) atoms. The molecule has 1 aromatic heterocycles. The zero-order valence-corrected chi connectivity index (χ0v) is 17.4. The summed E-state index contributed by atoms with van der Waals surface area (Å²) in [5, 5.41) is 5.48. The number of hydrogen-bond acceptors (Lipinski definition) is 5. The summed E-state index contributed by atoms with van der Waals surface area (Å²) in [6.45, 7) is 2.61. The fourth-order valence-corrected chi connectivity index (χ4v) is 2.83. The molecule has 0 bridgehead atoms. The molecule has 160 valence electrons. The average molecular weight is 420 g/mol. The maximum absolute atomic E-state index is 12.9. The number of ether oxygens (including phenoxy) is 2. The summed E-state index contributed by atoms with van der Waals surface area (Å²) in [5.41, 5.74) is 1.34. The molecule has 1 heterocycles. The Bertz CT molecular complexity index is 1040. The molecule has 0 saturated heterocycles. The number of carbonyl (C=O) groups excluding carboxylic acids is 2. The van der Waals surface area contributed by atoms with Crippen molar-refractivity contribution in [3.63, 3.8) is 0 Å². The fraction of sp³-hybridized carbons (Fsp3) is 0.167. The summed E-state index contributed by atoms with van der Waals surface area (Å²) >= 11 is 0. The van der Waals surface area contributed by atoms with E-state index in [0.29, 0.717) is 29.4 Å². The second-order valence-electron chi connectivity index (χ2n) is 6.49. The summed E-state index contributed by atoms with van der Waals surface area (Å²) in [4.78, 5) is 25.4. The van der Waals surface area contributed by atoms with Crippen LogP contribution >= 0.6 is 0 Å². The first-order chi connectivity index (χ1) is 15.1. The van der Waals surface area contributed by atoms with Crippen LogP contribution < -0.4 is 20.1 Å².